The van der Waals surface area contributed by atoms with Crippen LogP contribution in [-0.2, 0) is 0 Å². The van der Waals surface area contributed by atoms with Crippen molar-refractivity contribution < 1.29 is 0 Å². The summed E-state index contributed by atoms with van der Waals surface area (Å²) in [6, 6.07) is 0. The van der Waals surface area contributed by atoms with E-state index in [-0.39, 0.29) is 0 Å². The van der Waals surface area contributed by atoms with Crippen LogP contribution >= 0.6 is 0 Å². The highest BCUT2D eigenvalue weighted by atomic mass is 14.7. The Morgan fingerprint density at radius 2 is 0.765 bits per heavy atom. The number of rotatable bonds is 1. The Labute approximate surface area is 109 Å². The fraction of sp³-hybridized carbons (Fsp3) is 1.00. The van der Waals surface area contributed by atoms with Crippen LogP contribution in [0.15, 0.2) is 0 Å². The molecule has 0 aromatic carbocycles. The number of nitrogens with one attached hydrogen (secondary N) is 1. The van der Waals surface area contributed by atoms with Crippen molar-refractivity contribution in [3.63, 3.8) is 0 Å². The second-order valence-electron chi connectivity index (χ2n) is 6.00. The van der Waals surface area contributed by atoms with E-state index in [1.54, 1.807) is 25.7 Å². The Hall–Kier alpha value is -0.0400. The minimum absolute atomic E-state index is 1.12. The maximum Gasteiger partial charge on any atom is -0.0167 e. The van der Waals surface area contributed by atoms with Gasteiger partial charge >= 0.3 is 0 Å². The lowest BCUT2D eigenvalue weighted by Gasteiger charge is -2.24. The van der Waals surface area contributed by atoms with E-state index in [0.29, 0.717) is 0 Å². The summed E-state index contributed by atoms with van der Waals surface area (Å²) in [5, 5.41) is 2.75. The molecule has 2 rings (SSSR count). The van der Waals surface area contributed by atoms with Gasteiger partial charge in [-0.15, -0.1) is 0 Å². The minimum Gasteiger partial charge on any atom is -0.323 e. The van der Waals surface area contributed by atoms with Crippen LogP contribution in [0.3, 0.4) is 0 Å². The van der Waals surface area contributed by atoms with Crippen molar-refractivity contribution in [2.75, 3.05) is 14.1 Å². The van der Waals surface area contributed by atoms with Crippen molar-refractivity contribution in [3.8, 4) is 0 Å². The Morgan fingerprint density at radius 1 is 0.529 bits per heavy atom. The van der Waals surface area contributed by atoms with Gasteiger partial charge in [0.2, 0.25) is 0 Å². The zero-order chi connectivity index (χ0) is 12.3. The van der Waals surface area contributed by atoms with E-state index >= 15 is 0 Å². The molecule has 0 heterocycles. The molecule has 2 aliphatic carbocycles. The van der Waals surface area contributed by atoms with Crippen LogP contribution in [0.2, 0.25) is 0 Å². The highest BCUT2D eigenvalue weighted by Crippen LogP contribution is 2.36. The maximum atomic E-state index is 2.75. The summed E-state index contributed by atoms with van der Waals surface area (Å²) in [6.07, 6.45) is 18.4. The molecule has 2 aliphatic rings. The van der Waals surface area contributed by atoms with Gasteiger partial charge in [0, 0.05) is 0 Å². The van der Waals surface area contributed by atoms with Crippen molar-refractivity contribution in [1.29, 1.82) is 0 Å². The fourth-order valence-electron chi connectivity index (χ4n) is 3.56. The summed E-state index contributed by atoms with van der Waals surface area (Å²) >= 11 is 0. The van der Waals surface area contributed by atoms with Gasteiger partial charge < -0.3 is 5.32 Å². The summed E-state index contributed by atoms with van der Waals surface area (Å²) in [5.41, 5.74) is 0. The molecule has 1 nitrogen and oxygen atoms in total. The Kier molecular flexibility index (Phi) is 8.78. The summed E-state index contributed by atoms with van der Waals surface area (Å²) in [4.78, 5) is 0. The molecule has 2 saturated carbocycles. The molecule has 0 spiro atoms. The van der Waals surface area contributed by atoms with Gasteiger partial charge in [-0.1, -0.05) is 77.0 Å². The van der Waals surface area contributed by atoms with E-state index < -0.39 is 0 Å². The standard InChI is InChI=1S/C14H26.C2H7N/c1-2-6-10-13(9-5-1)14-11-7-3-4-8-12-14;1-3-2/h13-14H,1-12H2;3H,1-2H3. The van der Waals surface area contributed by atoms with E-state index in [1.165, 1.54) is 51.4 Å². The summed E-state index contributed by atoms with van der Waals surface area (Å²) in [6.45, 7) is 0. The molecule has 0 atom stereocenters. The molecule has 0 radical (unpaired) electrons. The van der Waals surface area contributed by atoms with E-state index in [2.05, 4.69) is 5.32 Å². The molecule has 0 bridgehead atoms. The maximum absolute atomic E-state index is 2.75. The third kappa shape index (κ3) is 6.45. The normalized spacial score (nSPS) is 24.4. The van der Waals surface area contributed by atoms with Crippen LogP contribution in [0.4, 0.5) is 0 Å². The smallest absolute Gasteiger partial charge is 0.0167 e. The van der Waals surface area contributed by atoms with Gasteiger partial charge in [0.15, 0.2) is 0 Å². The largest absolute Gasteiger partial charge is 0.323 e. The zero-order valence-corrected chi connectivity index (χ0v) is 12.1. The fourth-order valence-corrected chi connectivity index (χ4v) is 3.56. The molecule has 1 N–H and O–H groups in total. The van der Waals surface area contributed by atoms with Crippen molar-refractivity contribution in [2.24, 2.45) is 11.8 Å². The lowest BCUT2D eigenvalue weighted by molar-refractivity contribution is 0.269. The van der Waals surface area contributed by atoms with Gasteiger partial charge in [-0.25, -0.2) is 0 Å². The average molecular weight is 239 g/mol. The molecule has 0 aromatic rings. The third-order valence-corrected chi connectivity index (χ3v) is 4.47. The molecule has 0 aliphatic heterocycles. The van der Waals surface area contributed by atoms with E-state index in [9.17, 15) is 0 Å². The van der Waals surface area contributed by atoms with Crippen molar-refractivity contribution in [2.45, 2.75) is 77.0 Å². The molecular formula is C16H33N. The highest BCUT2D eigenvalue weighted by Gasteiger charge is 2.23. The summed E-state index contributed by atoms with van der Waals surface area (Å²) in [7, 11) is 3.75. The van der Waals surface area contributed by atoms with Crippen LogP contribution in [0, 0.1) is 11.8 Å². The number of hydrogen-bond acceptors (Lipinski definition) is 1. The summed E-state index contributed by atoms with van der Waals surface area (Å²) in [5.74, 6) is 2.24. The van der Waals surface area contributed by atoms with Crippen LogP contribution in [-0.4, -0.2) is 14.1 Å². The molecule has 0 unspecified atom stereocenters. The predicted octanol–water partition coefficient (Wildman–Crippen LogP) is 4.76. The first-order valence-corrected chi connectivity index (χ1v) is 7.97. The third-order valence-electron chi connectivity index (χ3n) is 4.47. The second kappa shape index (κ2) is 9.94. The molecule has 0 saturated heterocycles. The Bertz CT molecular complexity index is 133. The molecule has 0 amide bonds. The minimum atomic E-state index is 1.12. The molecular weight excluding hydrogens is 206 g/mol. The molecule has 1 heteroatoms. The average Bonchev–Trinajstić information content (AvgIpc) is 2.74. The Balaban J connectivity index is 0.000000437. The molecule has 0 aromatic heterocycles. The van der Waals surface area contributed by atoms with Crippen LogP contribution in [0.25, 0.3) is 0 Å². The van der Waals surface area contributed by atoms with Crippen LogP contribution in [0.1, 0.15) is 77.0 Å². The second-order valence-corrected chi connectivity index (χ2v) is 6.00. The lowest BCUT2D eigenvalue weighted by Crippen LogP contribution is -2.13. The van der Waals surface area contributed by atoms with Crippen molar-refractivity contribution in [3.05, 3.63) is 0 Å². The zero-order valence-electron chi connectivity index (χ0n) is 12.1. The first kappa shape index (κ1) is 15.0. The van der Waals surface area contributed by atoms with E-state index in [1.807, 2.05) is 14.1 Å². The topological polar surface area (TPSA) is 12.0 Å². The first-order valence-electron chi connectivity index (χ1n) is 7.97. The predicted molar refractivity (Wildman–Crippen MR) is 77.4 cm³/mol. The van der Waals surface area contributed by atoms with Gasteiger partial charge in [0.1, 0.15) is 0 Å². The molecule has 2 fully saturated rings. The summed E-state index contributed by atoms with van der Waals surface area (Å²) < 4.78 is 0. The van der Waals surface area contributed by atoms with E-state index in [4.69, 9.17) is 0 Å². The van der Waals surface area contributed by atoms with Gasteiger partial charge in [0.05, 0.1) is 0 Å². The van der Waals surface area contributed by atoms with Crippen molar-refractivity contribution in [1.82, 2.24) is 5.32 Å². The van der Waals surface area contributed by atoms with Crippen LogP contribution < -0.4 is 5.32 Å². The highest BCUT2D eigenvalue weighted by molar-refractivity contribution is 4.75. The van der Waals surface area contributed by atoms with E-state index in [0.717, 1.165) is 11.8 Å². The Morgan fingerprint density at radius 3 is 1.00 bits per heavy atom. The first-order chi connectivity index (χ1) is 8.38. The van der Waals surface area contributed by atoms with Gasteiger partial charge in [-0.3, -0.25) is 0 Å². The van der Waals surface area contributed by atoms with Gasteiger partial charge in [-0.2, -0.15) is 0 Å². The SMILES string of the molecule is C1CCCC(C2CCCCCC2)CC1.CNC. The van der Waals surface area contributed by atoms with Crippen molar-refractivity contribution >= 4 is 0 Å². The van der Waals surface area contributed by atoms with Gasteiger partial charge in [0.25, 0.3) is 0 Å². The molecule has 17 heavy (non-hydrogen) atoms. The lowest BCUT2D eigenvalue weighted by atomic mass is 9.81. The monoisotopic (exact) mass is 239 g/mol. The van der Waals surface area contributed by atoms with Crippen LogP contribution in [0.5, 0.6) is 0 Å². The quantitative estimate of drug-likeness (QED) is 0.650. The number of hydrogen-bond donors (Lipinski definition) is 1. The van der Waals surface area contributed by atoms with Gasteiger partial charge in [-0.05, 0) is 25.9 Å². The molecule has 102 valence electrons.